The third-order valence-electron chi connectivity index (χ3n) is 4.29. The molecule has 0 saturated carbocycles. The standard InChI is InChI=1S/C19H20N4O/c1-2-4-16(5-3-1)18-12-22-19-14-24-17(13-23(18)19)11-21-10-15-6-8-20-9-7-15/h1-9,12,17,21H,10-11,13-14H2/t17-/m0/s1. The lowest BCUT2D eigenvalue weighted by molar-refractivity contribution is 0.00326. The molecule has 122 valence electrons. The highest BCUT2D eigenvalue weighted by atomic mass is 16.5. The number of benzene rings is 1. The van der Waals surface area contributed by atoms with Gasteiger partial charge in [0.25, 0.3) is 0 Å². The molecule has 0 aliphatic carbocycles. The first kappa shape index (κ1) is 15.1. The van der Waals surface area contributed by atoms with Crippen LogP contribution in [-0.4, -0.2) is 27.2 Å². The molecule has 1 aromatic carbocycles. The summed E-state index contributed by atoms with van der Waals surface area (Å²) in [6.07, 6.45) is 5.73. The average molecular weight is 320 g/mol. The molecule has 1 N–H and O–H groups in total. The lowest BCUT2D eigenvalue weighted by atomic mass is 10.1. The quantitative estimate of drug-likeness (QED) is 0.785. The van der Waals surface area contributed by atoms with Gasteiger partial charge >= 0.3 is 0 Å². The average Bonchev–Trinajstić information content (AvgIpc) is 3.07. The zero-order chi connectivity index (χ0) is 16.2. The van der Waals surface area contributed by atoms with E-state index < -0.39 is 0 Å². The molecule has 0 spiro atoms. The Labute approximate surface area is 141 Å². The highest BCUT2D eigenvalue weighted by Crippen LogP contribution is 2.24. The maximum absolute atomic E-state index is 5.93. The summed E-state index contributed by atoms with van der Waals surface area (Å²) in [6.45, 7) is 3.02. The topological polar surface area (TPSA) is 52.0 Å². The maximum Gasteiger partial charge on any atom is 0.135 e. The van der Waals surface area contributed by atoms with Gasteiger partial charge in [0.2, 0.25) is 0 Å². The van der Waals surface area contributed by atoms with E-state index in [1.54, 1.807) is 0 Å². The van der Waals surface area contributed by atoms with Crippen molar-refractivity contribution in [3.63, 3.8) is 0 Å². The van der Waals surface area contributed by atoms with Gasteiger partial charge in [0.1, 0.15) is 12.4 Å². The summed E-state index contributed by atoms with van der Waals surface area (Å²) in [6, 6.07) is 14.4. The number of hydrogen-bond acceptors (Lipinski definition) is 4. The fourth-order valence-corrected chi connectivity index (χ4v) is 3.02. The molecule has 1 aliphatic heterocycles. The van der Waals surface area contributed by atoms with Gasteiger partial charge in [0, 0.05) is 25.5 Å². The lowest BCUT2D eigenvalue weighted by Crippen LogP contribution is -2.36. The number of rotatable bonds is 5. The van der Waals surface area contributed by atoms with Gasteiger partial charge in [-0.05, 0) is 23.3 Å². The largest absolute Gasteiger partial charge is 0.367 e. The van der Waals surface area contributed by atoms with E-state index in [0.29, 0.717) is 6.61 Å². The molecule has 24 heavy (non-hydrogen) atoms. The monoisotopic (exact) mass is 320 g/mol. The predicted molar refractivity (Wildman–Crippen MR) is 92.2 cm³/mol. The van der Waals surface area contributed by atoms with Crippen LogP contribution >= 0.6 is 0 Å². The van der Waals surface area contributed by atoms with Gasteiger partial charge in [-0.15, -0.1) is 0 Å². The van der Waals surface area contributed by atoms with Gasteiger partial charge in [-0.3, -0.25) is 4.98 Å². The second-order valence-electron chi connectivity index (χ2n) is 5.96. The van der Waals surface area contributed by atoms with Gasteiger partial charge in [-0.2, -0.15) is 0 Å². The van der Waals surface area contributed by atoms with Gasteiger partial charge in [-0.25, -0.2) is 4.98 Å². The Bertz CT molecular complexity index is 786. The van der Waals surface area contributed by atoms with Crippen molar-refractivity contribution in [1.29, 1.82) is 0 Å². The second kappa shape index (κ2) is 6.95. The highest BCUT2D eigenvalue weighted by Gasteiger charge is 2.22. The van der Waals surface area contributed by atoms with E-state index in [9.17, 15) is 0 Å². The minimum absolute atomic E-state index is 0.149. The molecule has 0 amide bonds. The smallest absolute Gasteiger partial charge is 0.135 e. The van der Waals surface area contributed by atoms with Crippen LogP contribution < -0.4 is 5.32 Å². The Morgan fingerprint density at radius 1 is 1.12 bits per heavy atom. The van der Waals surface area contributed by atoms with Crippen LogP contribution in [-0.2, 0) is 24.4 Å². The van der Waals surface area contributed by atoms with E-state index in [2.05, 4.69) is 44.1 Å². The van der Waals surface area contributed by atoms with Gasteiger partial charge in [0.05, 0.1) is 24.5 Å². The summed E-state index contributed by atoms with van der Waals surface area (Å²) < 4.78 is 8.21. The molecule has 0 saturated heterocycles. The van der Waals surface area contributed by atoms with Gasteiger partial charge in [-0.1, -0.05) is 30.3 Å². The number of fused-ring (bicyclic) bond motifs is 1. The molecule has 3 heterocycles. The molecule has 1 aliphatic rings. The maximum atomic E-state index is 5.93. The van der Waals surface area contributed by atoms with E-state index in [1.165, 1.54) is 11.1 Å². The molecule has 1 atom stereocenters. The third kappa shape index (κ3) is 3.22. The molecule has 5 nitrogen and oxygen atoms in total. The first-order valence-corrected chi connectivity index (χ1v) is 8.21. The molecule has 0 radical (unpaired) electrons. The van der Waals surface area contributed by atoms with Crippen LogP contribution in [0.25, 0.3) is 11.3 Å². The zero-order valence-corrected chi connectivity index (χ0v) is 13.4. The number of pyridine rings is 1. The number of ether oxygens (including phenoxy) is 1. The Kier molecular flexibility index (Phi) is 4.36. The minimum Gasteiger partial charge on any atom is -0.367 e. The van der Waals surface area contributed by atoms with Crippen molar-refractivity contribution < 1.29 is 4.74 Å². The molecule has 2 aromatic heterocycles. The SMILES string of the molecule is c1ccc(-c2cnc3n2C[C@H](CNCc2ccncc2)OC3)cc1. The van der Waals surface area contributed by atoms with Crippen molar-refractivity contribution in [1.82, 2.24) is 19.9 Å². The first-order chi connectivity index (χ1) is 11.9. The normalized spacial score (nSPS) is 16.8. The van der Waals surface area contributed by atoms with Crippen molar-refractivity contribution >= 4 is 0 Å². The number of hydrogen-bond donors (Lipinski definition) is 1. The van der Waals surface area contributed by atoms with E-state index in [1.807, 2.05) is 36.8 Å². The van der Waals surface area contributed by atoms with Crippen LogP contribution in [0.5, 0.6) is 0 Å². The van der Waals surface area contributed by atoms with Gasteiger partial charge in [0.15, 0.2) is 0 Å². The molecule has 3 aromatic rings. The Hall–Kier alpha value is -2.50. The van der Waals surface area contributed by atoms with E-state index in [0.717, 1.165) is 31.2 Å². The summed E-state index contributed by atoms with van der Waals surface area (Å²) in [4.78, 5) is 8.54. The Morgan fingerprint density at radius 3 is 2.79 bits per heavy atom. The number of nitrogens with zero attached hydrogens (tertiary/aromatic N) is 3. The molecule has 0 fully saturated rings. The Morgan fingerprint density at radius 2 is 1.96 bits per heavy atom. The van der Waals surface area contributed by atoms with Crippen LogP contribution in [0.4, 0.5) is 0 Å². The third-order valence-corrected chi connectivity index (χ3v) is 4.29. The molecule has 0 bridgehead atoms. The molecule has 0 unspecified atom stereocenters. The van der Waals surface area contributed by atoms with Crippen LogP contribution in [0.1, 0.15) is 11.4 Å². The summed E-state index contributed by atoms with van der Waals surface area (Å²) >= 11 is 0. The van der Waals surface area contributed by atoms with Crippen LogP contribution in [0, 0.1) is 0 Å². The van der Waals surface area contributed by atoms with Crippen molar-refractivity contribution in [2.24, 2.45) is 0 Å². The fourth-order valence-electron chi connectivity index (χ4n) is 3.02. The Balaban J connectivity index is 1.41. The summed E-state index contributed by atoms with van der Waals surface area (Å²) in [7, 11) is 0. The van der Waals surface area contributed by atoms with Crippen LogP contribution in [0.3, 0.4) is 0 Å². The molecule has 5 heteroatoms. The molecule has 4 rings (SSSR count). The zero-order valence-electron chi connectivity index (χ0n) is 13.4. The van der Waals surface area contributed by atoms with Gasteiger partial charge < -0.3 is 14.6 Å². The van der Waals surface area contributed by atoms with Crippen LogP contribution in [0.15, 0.2) is 61.1 Å². The van der Waals surface area contributed by atoms with Crippen molar-refractivity contribution in [3.05, 3.63) is 72.4 Å². The number of imidazole rings is 1. The van der Waals surface area contributed by atoms with Crippen LogP contribution in [0.2, 0.25) is 0 Å². The highest BCUT2D eigenvalue weighted by molar-refractivity contribution is 5.59. The van der Waals surface area contributed by atoms with Crippen molar-refractivity contribution in [2.75, 3.05) is 6.54 Å². The first-order valence-electron chi connectivity index (χ1n) is 8.21. The fraction of sp³-hybridized carbons (Fsp3) is 0.263. The van der Waals surface area contributed by atoms with E-state index >= 15 is 0 Å². The molecular formula is C19H20N4O. The van der Waals surface area contributed by atoms with E-state index in [-0.39, 0.29) is 6.10 Å². The lowest BCUT2D eigenvalue weighted by Gasteiger charge is -2.26. The van der Waals surface area contributed by atoms with Crippen molar-refractivity contribution in [2.45, 2.75) is 25.8 Å². The van der Waals surface area contributed by atoms with E-state index in [4.69, 9.17) is 4.74 Å². The minimum atomic E-state index is 0.149. The summed E-state index contributed by atoms with van der Waals surface area (Å²) in [5.74, 6) is 0.999. The molecular weight excluding hydrogens is 300 g/mol. The predicted octanol–water partition coefficient (Wildman–Crippen LogP) is 2.63. The summed E-state index contributed by atoms with van der Waals surface area (Å²) in [5, 5.41) is 3.47. The number of nitrogens with one attached hydrogen (secondary N) is 1. The second-order valence-corrected chi connectivity index (χ2v) is 5.96. The van der Waals surface area contributed by atoms with Crippen molar-refractivity contribution in [3.8, 4) is 11.3 Å². The summed E-state index contributed by atoms with van der Waals surface area (Å²) in [5.41, 5.74) is 3.59. The number of aromatic nitrogens is 3.